The van der Waals surface area contributed by atoms with Crippen LogP contribution in [0.5, 0.6) is 0 Å². The molecule has 1 aromatic heterocycles. The summed E-state index contributed by atoms with van der Waals surface area (Å²) >= 11 is 11.0. The lowest BCUT2D eigenvalue weighted by molar-refractivity contribution is 0.583. The molecular weight excluding hydrogens is 372 g/mol. The summed E-state index contributed by atoms with van der Waals surface area (Å²) < 4.78 is 24.7. The maximum atomic E-state index is 11.9. The number of sulfone groups is 1. The Balaban J connectivity index is 2.43. The normalized spacial score (nSPS) is 20.6. The molecule has 1 aliphatic heterocycles. The molecule has 8 heteroatoms. The van der Waals surface area contributed by atoms with Gasteiger partial charge in [-0.1, -0.05) is 0 Å². The van der Waals surface area contributed by atoms with Gasteiger partial charge in [0.1, 0.15) is 11.2 Å². The smallest absolute Gasteiger partial charge is 0.169 e. The van der Waals surface area contributed by atoms with E-state index in [1.165, 1.54) is 6.26 Å². The van der Waals surface area contributed by atoms with E-state index in [0.29, 0.717) is 24.0 Å². The highest BCUT2D eigenvalue weighted by Gasteiger charge is 2.32. The topological polar surface area (TPSA) is 50.3 Å². The summed E-state index contributed by atoms with van der Waals surface area (Å²) in [5.41, 5.74) is 0.844. The molecule has 0 spiro atoms. The van der Waals surface area contributed by atoms with Gasteiger partial charge in [-0.05, 0) is 22.0 Å². The Hall–Kier alpha value is 0.0200. The molecule has 0 radical (unpaired) electrons. The van der Waals surface area contributed by atoms with Crippen molar-refractivity contribution in [2.75, 3.05) is 29.2 Å². The van der Waals surface area contributed by atoms with Crippen LogP contribution in [0.3, 0.4) is 0 Å². The number of rotatable bonds is 3. The molecule has 1 aliphatic rings. The maximum absolute atomic E-state index is 11.9. The van der Waals surface area contributed by atoms with Gasteiger partial charge in [-0.15, -0.1) is 11.6 Å². The Kier molecular flexibility index (Phi) is 5.03. The number of thioether (sulfide) groups is 1. The van der Waals surface area contributed by atoms with E-state index < -0.39 is 15.2 Å². The first-order valence-electron chi connectivity index (χ1n) is 5.67. The Bertz CT molecular complexity index is 568. The van der Waals surface area contributed by atoms with Gasteiger partial charge < -0.3 is 4.90 Å². The number of hydrogen-bond donors (Lipinski definition) is 0. The molecule has 0 saturated carbocycles. The van der Waals surface area contributed by atoms with Crippen molar-refractivity contribution in [2.45, 2.75) is 11.3 Å². The second-order valence-electron chi connectivity index (χ2n) is 4.32. The lowest BCUT2D eigenvalue weighted by atomic mass is 10.2. The monoisotopic (exact) mass is 384 g/mol. The van der Waals surface area contributed by atoms with Gasteiger partial charge in [0.2, 0.25) is 0 Å². The van der Waals surface area contributed by atoms with E-state index in [1.807, 2.05) is 11.0 Å². The van der Waals surface area contributed by atoms with Crippen LogP contribution in [0.4, 0.5) is 5.82 Å². The minimum Gasteiger partial charge on any atom is -0.338 e. The van der Waals surface area contributed by atoms with Crippen LogP contribution in [0.1, 0.15) is 5.56 Å². The van der Waals surface area contributed by atoms with E-state index in [2.05, 4.69) is 20.9 Å². The van der Waals surface area contributed by atoms with Crippen molar-refractivity contribution in [3.8, 4) is 0 Å². The molecule has 1 fully saturated rings. The molecule has 2 heterocycles. The van der Waals surface area contributed by atoms with Crippen LogP contribution in [-0.4, -0.2) is 43.1 Å². The molecule has 1 aromatic rings. The average Bonchev–Trinajstić information content (AvgIpc) is 2.37. The van der Waals surface area contributed by atoms with Gasteiger partial charge >= 0.3 is 0 Å². The SMILES string of the molecule is CS(=O)(=O)C1CSCCN1c1ncc(Br)cc1CCl. The third-order valence-electron chi connectivity index (χ3n) is 2.90. The number of anilines is 1. The third-order valence-corrected chi connectivity index (χ3v) is 6.27. The Labute approximate surface area is 131 Å². The highest BCUT2D eigenvalue weighted by molar-refractivity contribution is 9.10. The van der Waals surface area contributed by atoms with E-state index in [9.17, 15) is 8.42 Å². The van der Waals surface area contributed by atoms with Crippen LogP contribution < -0.4 is 4.90 Å². The molecular formula is C11H14BrClN2O2S2. The van der Waals surface area contributed by atoms with Crippen LogP contribution in [0.15, 0.2) is 16.7 Å². The zero-order valence-corrected chi connectivity index (χ0v) is 14.3. The zero-order valence-electron chi connectivity index (χ0n) is 10.3. The second kappa shape index (κ2) is 6.20. The van der Waals surface area contributed by atoms with Crippen LogP contribution in [-0.2, 0) is 15.7 Å². The van der Waals surface area contributed by atoms with Crippen LogP contribution in [0.2, 0.25) is 0 Å². The summed E-state index contributed by atoms with van der Waals surface area (Å²) in [4.78, 5) is 6.21. The molecule has 0 aromatic carbocycles. The van der Waals surface area contributed by atoms with E-state index in [4.69, 9.17) is 11.6 Å². The van der Waals surface area contributed by atoms with E-state index in [1.54, 1.807) is 18.0 Å². The van der Waals surface area contributed by atoms with Gasteiger partial charge in [-0.3, -0.25) is 0 Å². The zero-order chi connectivity index (χ0) is 14.0. The summed E-state index contributed by atoms with van der Waals surface area (Å²) in [6.07, 6.45) is 2.95. The minimum atomic E-state index is -3.15. The number of hydrogen-bond acceptors (Lipinski definition) is 5. The summed E-state index contributed by atoms with van der Waals surface area (Å²) in [6.45, 7) is 0.668. The quantitative estimate of drug-likeness (QED) is 0.748. The summed E-state index contributed by atoms with van der Waals surface area (Å²) in [5.74, 6) is 2.44. The number of halogens is 2. The molecule has 0 bridgehead atoms. The minimum absolute atomic E-state index is 0.307. The first-order chi connectivity index (χ1) is 8.93. The fourth-order valence-corrected chi connectivity index (χ4v) is 5.40. The molecule has 1 unspecified atom stereocenters. The maximum Gasteiger partial charge on any atom is 0.169 e. The van der Waals surface area contributed by atoms with Gasteiger partial charge in [-0.25, -0.2) is 13.4 Å². The first-order valence-corrected chi connectivity index (χ1v) is 10.1. The molecule has 106 valence electrons. The molecule has 2 rings (SSSR count). The second-order valence-corrected chi connectivity index (χ2v) is 8.86. The number of alkyl halides is 1. The van der Waals surface area contributed by atoms with Crippen molar-refractivity contribution in [2.24, 2.45) is 0 Å². The Morgan fingerprint density at radius 3 is 3.00 bits per heavy atom. The third kappa shape index (κ3) is 3.56. The average molecular weight is 386 g/mol. The highest BCUT2D eigenvalue weighted by atomic mass is 79.9. The van der Waals surface area contributed by atoms with Crippen molar-refractivity contribution in [1.29, 1.82) is 0 Å². The van der Waals surface area contributed by atoms with E-state index >= 15 is 0 Å². The molecule has 4 nitrogen and oxygen atoms in total. The molecule has 0 N–H and O–H groups in total. The fourth-order valence-electron chi connectivity index (χ4n) is 2.01. The standard InChI is InChI=1S/C11H14BrClN2O2S2/c1-19(16,17)10-7-18-3-2-15(10)11-8(5-13)4-9(12)6-14-11/h4,6,10H,2-3,5,7H2,1H3. The fraction of sp³-hybridized carbons (Fsp3) is 0.545. The van der Waals surface area contributed by atoms with Gasteiger partial charge in [-0.2, -0.15) is 11.8 Å². The molecule has 0 aliphatic carbocycles. The van der Waals surface area contributed by atoms with Crippen molar-refractivity contribution < 1.29 is 8.42 Å². The predicted octanol–water partition coefficient (Wildman–Crippen LogP) is 2.51. The van der Waals surface area contributed by atoms with Gasteiger partial charge in [0, 0.05) is 40.5 Å². The molecule has 1 saturated heterocycles. The number of aromatic nitrogens is 1. The molecule has 19 heavy (non-hydrogen) atoms. The van der Waals surface area contributed by atoms with Gasteiger partial charge in [0.05, 0.1) is 5.88 Å². The summed E-state index contributed by atoms with van der Waals surface area (Å²) in [7, 11) is -3.15. The van der Waals surface area contributed by atoms with Gasteiger partial charge in [0.15, 0.2) is 9.84 Å². The Morgan fingerprint density at radius 2 is 2.37 bits per heavy atom. The lowest BCUT2D eigenvalue weighted by Crippen LogP contribution is -2.47. The van der Waals surface area contributed by atoms with Crippen molar-refractivity contribution >= 4 is 54.9 Å². The van der Waals surface area contributed by atoms with E-state index in [0.717, 1.165) is 15.8 Å². The lowest BCUT2D eigenvalue weighted by Gasteiger charge is -2.35. The number of pyridine rings is 1. The van der Waals surface area contributed by atoms with Crippen molar-refractivity contribution in [1.82, 2.24) is 4.98 Å². The van der Waals surface area contributed by atoms with Crippen LogP contribution >= 0.6 is 39.3 Å². The van der Waals surface area contributed by atoms with Crippen molar-refractivity contribution in [3.63, 3.8) is 0 Å². The summed E-state index contributed by atoms with van der Waals surface area (Å²) in [6, 6.07) is 1.89. The first kappa shape index (κ1) is 15.4. The van der Waals surface area contributed by atoms with Crippen LogP contribution in [0.25, 0.3) is 0 Å². The largest absolute Gasteiger partial charge is 0.338 e. The number of nitrogens with zero attached hydrogens (tertiary/aromatic N) is 2. The van der Waals surface area contributed by atoms with Crippen LogP contribution in [0, 0.1) is 0 Å². The van der Waals surface area contributed by atoms with E-state index in [-0.39, 0.29) is 0 Å². The molecule has 1 atom stereocenters. The highest BCUT2D eigenvalue weighted by Crippen LogP contribution is 2.30. The van der Waals surface area contributed by atoms with Crippen molar-refractivity contribution in [3.05, 3.63) is 22.3 Å². The molecule has 0 amide bonds. The Morgan fingerprint density at radius 1 is 1.63 bits per heavy atom. The predicted molar refractivity (Wildman–Crippen MR) is 84.8 cm³/mol. The summed E-state index contributed by atoms with van der Waals surface area (Å²) in [5, 5.41) is -0.526. The van der Waals surface area contributed by atoms with Gasteiger partial charge in [0.25, 0.3) is 0 Å².